The highest BCUT2D eigenvalue weighted by Crippen LogP contribution is 2.22. The van der Waals surface area contributed by atoms with Gasteiger partial charge in [0, 0.05) is 30.7 Å². The molecule has 1 aliphatic heterocycles. The zero-order valence-corrected chi connectivity index (χ0v) is 14.2. The minimum atomic E-state index is 0.957. The lowest BCUT2D eigenvalue weighted by atomic mass is 10.1. The molecule has 2 nitrogen and oxygen atoms in total. The third-order valence-electron chi connectivity index (χ3n) is 3.79. The Bertz CT molecular complexity index is 468. The first kappa shape index (κ1) is 15.7. The fraction of sp³-hybridized carbons (Fsp3) is 0.529. The first-order chi connectivity index (χ1) is 9.69. The molecule has 0 spiro atoms. The second kappa shape index (κ2) is 7.96. The maximum absolute atomic E-state index is 3.72. The van der Waals surface area contributed by atoms with Crippen LogP contribution in [-0.2, 0) is 13.1 Å². The lowest BCUT2D eigenvalue weighted by Crippen LogP contribution is -2.28. The van der Waals surface area contributed by atoms with E-state index in [1.54, 1.807) is 0 Å². The normalized spacial score (nSPS) is 16.2. The molecule has 0 unspecified atom stereocenters. The van der Waals surface area contributed by atoms with Gasteiger partial charge in [0.15, 0.2) is 0 Å². The van der Waals surface area contributed by atoms with Gasteiger partial charge in [0.1, 0.15) is 0 Å². The van der Waals surface area contributed by atoms with Crippen molar-refractivity contribution >= 4 is 15.9 Å². The van der Waals surface area contributed by atoms with Crippen LogP contribution in [0.5, 0.6) is 0 Å². The third kappa shape index (κ3) is 4.72. The predicted octanol–water partition coefficient (Wildman–Crippen LogP) is 4.10. The van der Waals surface area contributed by atoms with Crippen LogP contribution in [0.1, 0.15) is 37.8 Å². The van der Waals surface area contributed by atoms with Crippen molar-refractivity contribution in [2.75, 3.05) is 19.6 Å². The number of hydrogen-bond donors (Lipinski definition) is 1. The van der Waals surface area contributed by atoms with Crippen molar-refractivity contribution in [3.8, 4) is 0 Å². The lowest BCUT2D eigenvalue weighted by Gasteiger charge is -2.25. The molecule has 1 N–H and O–H groups in total. The van der Waals surface area contributed by atoms with Gasteiger partial charge in [0.2, 0.25) is 0 Å². The fourth-order valence-electron chi connectivity index (χ4n) is 2.44. The second-order valence-corrected chi connectivity index (χ2v) is 6.49. The maximum atomic E-state index is 3.72. The van der Waals surface area contributed by atoms with E-state index in [1.165, 1.54) is 40.6 Å². The average Bonchev–Trinajstić information content (AvgIpc) is 2.44. The van der Waals surface area contributed by atoms with Crippen molar-refractivity contribution in [1.29, 1.82) is 0 Å². The fourth-order valence-corrected chi connectivity index (χ4v) is 2.99. The number of hydrogen-bond acceptors (Lipinski definition) is 2. The van der Waals surface area contributed by atoms with Gasteiger partial charge in [-0.3, -0.25) is 4.90 Å². The minimum absolute atomic E-state index is 0.957. The lowest BCUT2D eigenvalue weighted by molar-refractivity contribution is 0.285. The molecule has 0 saturated carbocycles. The van der Waals surface area contributed by atoms with Crippen LogP contribution >= 0.6 is 15.9 Å². The Morgan fingerprint density at radius 3 is 2.85 bits per heavy atom. The van der Waals surface area contributed by atoms with E-state index in [9.17, 15) is 0 Å². The molecule has 0 aromatic heterocycles. The SMILES string of the molecule is CCCNCc1ccc(CN2CC=C(C)CC2)c(Br)c1. The Labute approximate surface area is 131 Å². The van der Waals surface area contributed by atoms with E-state index in [0.717, 1.165) is 26.2 Å². The summed E-state index contributed by atoms with van der Waals surface area (Å²) in [7, 11) is 0. The van der Waals surface area contributed by atoms with Crippen LogP contribution in [0.4, 0.5) is 0 Å². The molecule has 1 heterocycles. The van der Waals surface area contributed by atoms with Crippen molar-refractivity contribution < 1.29 is 0 Å². The first-order valence-electron chi connectivity index (χ1n) is 7.55. The molecule has 0 saturated heterocycles. The Hall–Kier alpha value is -0.640. The number of rotatable bonds is 6. The highest BCUT2D eigenvalue weighted by Gasteiger charge is 2.11. The van der Waals surface area contributed by atoms with E-state index in [4.69, 9.17) is 0 Å². The third-order valence-corrected chi connectivity index (χ3v) is 4.53. The van der Waals surface area contributed by atoms with E-state index >= 15 is 0 Å². The Kier molecular flexibility index (Phi) is 6.27. The average molecular weight is 337 g/mol. The Morgan fingerprint density at radius 2 is 2.20 bits per heavy atom. The van der Waals surface area contributed by atoms with Crippen LogP contribution in [0.15, 0.2) is 34.3 Å². The highest BCUT2D eigenvalue weighted by molar-refractivity contribution is 9.10. The molecule has 1 aliphatic rings. The van der Waals surface area contributed by atoms with E-state index in [2.05, 4.69) is 64.3 Å². The topological polar surface area (TPSA) is 15.3 Å². The summed E-state index contributed by atoms with van der Waals surface area (Å²) in [5.41, 5.74) is 4.26. The molecule has 1 aromatic rings. The van der Waals surface area contributed by atoms with E-state index < -0.39 is 0 Å². The van der Waals surface area contributed by atoms with Crippen molar-refractivity contribution in [3.05, 3.63) is 45.4 Å². The van der Waals surface area contributed by atoms with Gasteiger partial charge in [-0.15, -0.1) is 0 Å². The van der Waals surface area contributed by atoms with Crippen molar-refractivity contribution in [1.82, 2.24) is 10.2 Å². The quantitative estimate of drug-likeness (QED) is 0.621. The Balaban J connectivity index is 1.92. The molecule has 0 bridgehead atoms. The summed E-state index contributed by atoms with van der Waals surface area (Å²) in [5.74, 6) is 0. The summed E-state index contributed by atoms with van der Waals surface area (Å²) in [6, 6.07) is 6.76. The molecule has 0 fully saturated rings. The van der Waals surface area contributed by atoms with Gasteiger partial charge in [0.05, 0.1) is 0 Å². The summed E-state index contributed by atoms with van der Waals surface area (Å²) < 4.78 is 1.24. The predicted molar refractivity (Wildman–Crippen MR) is 89.8 cm³/mol. The molecular formula is C17H25BrN2. The van der Waals surface area contributed by atoms with Gasteiger partial charge in [-0.1, -0.05) is 46.6 Å². The zero-order valence-electron chi connectivity index (χ0n) is 12.6. The summed E-state index contributed by atoms with van der Waals surface area (Å²) in [4.78, 5) is 2.50. The highest BCUT2D eigenvalue weighted by atomic mass is 79.9. The van der Waals surface area contributed by atoms with Crippen LogP contribution in [0.25, 0.3) is 0 Å². The van der Waals surface area contributed by atoms with Gasteiger partial charge >= 0.3 is 0 Å². The van der Waals surface area contributed by atoms with Gasteiger partial charge in [-0.2, -0.15) is 0 Å². The molecule has 1 aromatic carbocycles. The summed E-state index contributed by atoms with van der Waals surface area (Å²) in [6.45, 7) is 9.75. The van der Waals surface area contributed by atoms with Crippen LogP contribution in [0, 0.1) is 0 Å². The standard InChI is InChI=1S/C17H25BrN2/c1-3-8-19-12-15-4-5-16(17(18)11-15)13-20-9-6-14(2)7-10-20/h4-6,11,19H,3,7-10,12-13H2,1-2H3. The smallest absolute Gasteiger partial charge is 0.0248 e. The van der Waals surface area contributed by atoms with Crippen LogP contribution in [-0.4, -0.2) is 24.5 Å². The van der Waals surface area contributed by atoms with E-state index in [0.29, 0.717) is 0 Å². The minimum Gasteiger partial charge on any atom is -0.313 e. The van der Waals surface area contributed by atoms with Crippen LogP contribution < -0.4 is 5.32 Å². The molecule has 0 aliphatic carbocycles. The van der Waals surface area contributed by atoms with Crippen LogP contribution in [0.3, 0.4) is 0 Å². The second-order valence-electron chi connectivity index (χ2n) is 5.64. The molecule has 3 heteroatoms. The summed E-state index contributed by atoms with van der Waals surface area (Å²) in [5, 5.41) is 3.45. The van der Waals surface area contributed by atoms with E-state index in [-0.39, 0.29) is 0 Å². The number of benzene rings is 1. The molecule has 0 atom stereocenters. The molecular weight excluding hydrogens is 312 g/mol. The van der Waals surface area contributed by atoms with Crippen molar-refractivity contribution in [2.45, 2.75) is 39.8 Å². The number of nitrogens with zero attached hydrogens (tertiary/aromatic N) is 1. The Morgan fingerprint density at radius 1 is 1.35 bits per heavy atom. The van der Waals surface area contributed by atoms with Crippen molar-refractivity contribution in [2.24, 2.45) is 0 Å². The zero-order chi connectivity index (χ0) is 14.4. The van der Waals surface area contributed by atoms with Gasteiger partial charge in [0.25, 0.3) is 0 Å². The van der Waals surface area contributed by atoms with Crippen molar-refractivity contribution in [3.63, 3.8) is 0 Å². The first-order valence-corrected chi connectivity index (χ1v) is 8.34. The summed E-state index contributed by atoms with van der Waals surface area (Å²) in [6.07, 6.45) is 4.73. The number of halogens is 1. The maximum Gasteiger partial charge on any atom is 0.0248 e. The molecule has 0 radical (unpaired) electrons. The summed E-state index contributed by atoms with van der Waals surface area (Å²) >= 11 is 3.72. The molecule has 0 amide bonds. The van der Waals surface area contributed by atoms with Crippen LogP contribution in [0.2, 0.25) is 0 Å². The molecule has 110 valence electrons. The largest absolute Gasteiger partial charge is 0.313 e. The van der Waals surface area contributed by atoms with Gasteiger partial charge < -0.3 is 5.32 Å². The number of nitrogens with one attached hydrogen (secondary N) is 1. The van der Waals surface area contributed by atoms with E-state index in [1.807, 2.05) is 0 Å². The van der Waals surface area contributed by atoms with Gasteiger partial charge in [-0.05, 0) is 43.5 Å². The van der Waals surface area contributed by atoms with Gasteiger partial charge in [-0.25, -0.2) is 0 Å². The molecule has 2 rings (SSSR count). The monoisotopic (exact) mass is 336 g/mol. The molecule has 20 heavy (non-hydrogen) atoms.